The summed E-state index contributed by atoms with van der Waals surface area (Å²) in [6, 6.07) is 0.593. The molecule has 0 aromatic carbocycles. The van der Waals surface area contributed by atoms with Gasteiger partial charge in [-0.2, -0.15) is 0 Å². The monoisotopic (exact) mass is 241 g/mol. The molecule has 1 aliphatic carbocycles. The van der Waals surface area contributed by atoms with Gasteiger partial charge in [0, 0.05) is 31.0 Å². The Hall–Kier alpha value is -0.410. The lowest BCUT2D eigenvalue weighted by Crippen LogP contribution is -2.38. The van der Waals surface area contributed by atoms with Gasteiger partial charge in [-0.25, -0.2) is 0 Å². The van der Waals surface area contributed by atoms with Crippen molar-refractivity contribution in [2.75, 3.05) is 19.7 Å². The number of carbonyl (C=O) groups excluding carboxylic acids is 1. The number of carbonyl (C=O) groups is 1. The molecule has 1 fully saturated rings. The van der Waals surface area contributed by atoms with Gasteiger partial charge in [0.25, 0.3) is 0 Å². The lowest BCUT2D eigenvalue weighted by atomic mass is 9.89. The fourth-order valence-electron chi connectivity index (χ4n) is 2.49. The fourth-order valence-corrected chi connectivity index (χ4v) is 2.49. The maximum atomic E-state index is 11.9. The Bertz CT molecular complexity index is 239. The smallest absolute Gasteiger partial charge is 0.139 e. The Morgan fingerprint density at radius 3 is 2.29 bits per heavy atom. The third kappa shape index (κ3) is 4.76. The van der Waals surface area contributed by atoms with Gasteiger partial charge in [0.05, 0.1) is 6.61 Å². The van der Waals surface area contributed by atoms with E-state index in [1.54, 1.807) is 0 Å². The van der Waals surface area contributed by atoms with Gasteiger partial charge in [-0.1, -0.05) is 33.6 Å². The molecule has 1 aliphatic rings. The van der Waals surface area contributed by atoms with Crippen LogP contribution in [-0.2, 0) is 4.79 Å². The van der Waals surface area contributed by atoms with Gasteiger partial charge in [-0.15, -0.1) is 0 Å². The quantitative estimate of drug-likeness (QED) is 0.775. The SMILES string of the molecule is CC(C)(C)C(=O)CCN(CCO)C1CCCC1. The first kappa shape index (κ1) is 14.7. The largest absolute Gasteiger partial charge is 0.395 e. The molecule has 0 atom stereocenters. The summed E-state index contributed by atoms with van der Waals surface area (Å²) in [7, 11) is 0. The van der Waals surface area contributed by atoms with Gasteiger partial charge < -0.3 is 5.11 Å². The summed E-state index contributed by atoms with van der Waals surface area (Å²) in [5, 5.41) is 9.10. The number of rotatable bonds is 6. The second-order valence-electron chi connectivity index (χ2n) is 6.12. The number of hydrogen-bond donors (Lipinski definition) is 1. The van der Waals surface area contributed by atoms with Crippen LogP contribution in [0.15, 0.2) is 0 Å². The van der Waals surface area contributed by atoms with Crippen molar-refractivity contribution in [2.24, 2.45) is 5.41 Å². The number of hydrogen-bond acceptors (Lipinski definition) is 3. The van der Waals surface area contributed by atoms with Gasteiger partial charge in [-0.3, -0.25) is 9.69 Å². The van der Waals surface area contributed by atoms with E-state index in [1.807, 2.05) is 20.8 Å². The van der Waals surface area contributed by atoms with Crippen LogP contribution in [0.3, 0.4) is 0 Å². The molecule has 3 heteroatoms. The van der Waals surface area contributed by atoms with E-state index in [9.17, 15) is 4.79 Å². The zero-order valence-electron chi connectivity index (χ0n) is 11.5. The highest BCUT2D eigenvalue weighted by Gasteiger charge is 2.25. The van der Waals surface area contributed by atoms with Crippen LogP contribution in [0, 0.1) is 5.41 Å². The van der Waals surface area contributed by atoms with E-state index in [1.165, 1.54) is 25.7 Å². The first-order valence-electron chi connectivity index (χ1n) is 6.83. The highest BCUT2D eigenvalue weighted by Crippen LogP contribution is 2.24. The first-order valence-corrected chi connectivity index (χ1v) is 6.83. The fraction of sp³-hybridized carbons (Fsp3) is 0.929. The zero-order valence-corrected chi connectivity index (χ0v) is 11.5. The number of Topliss-reactive ketones (excluding diaryl/α,β-unsaturated/α-hetero) is 1. The molecule has 0 aliphatic heterocycles. The van der Waals surface area contributed by atoms with Crippen LogP contribution in [0.4, 0.5) is 0 Å². The predicted octanol–water partition coefficient (Wildman–Crippen LogP) is 2.23. The van der Waals surface area contributed by atoms with E-state index in [2.05, 4.69) is 4.90 Å². The van der Waals surface area contributed by atoms with Crippen LogP contribution in [0.25, 0.3) is 0 Å². The first-order chi connectivity index (χ1) is 7.95. The van der Waals surface area contributed by atoms with Crippen molar-refractivity contribution < 1.29 is 9.90 Å². The van der Waals surface area contributed by atoms with Crippen LogP contribution in [0.2, 0.25) is 0 Å². The molecule has 1 saturated carbocycles. The summed E-state index contributed by atoms with van der Waals surface area (Å²) >= 11 is 0. The minimum atomic E-state index is -0.236. The molecule has 3 nitrogen and oxygen atoms in total. The lowest BCUT2D eigenvalue weighted by molar-refractivity contribution is -0.126. The molecule has 1 N–H and O–H groups in total. The van der Waals surface area contributed by atoms with Crippen molar-refractivity contribution in [3.8, 4) is 0 Å². The van der Waals surface area contributed by atoms with Crippen molar-refractivity contribution in [2.45, 2.75) is 58.9 Å². The van der Waals surface area contributed by atoms with E-state index in [0.29, 0.717) is 24.8 Å². The van der Waals surface area contributed by atoms with Gasteiger partial charge >= 0.3 is 0 Å². The molecule has 100 valence electrons. The second kappa shape index (κ2) is 6.50. The Balaban J connectivity index is 2.41. The summed E-state index contributed by atoms with van der Waals surface area (Å²) in [5.74, 6) is 0.318. The van der Waals surface area contributed by atoms with Gasteiger partial charge in [0.15, 0.2) is 0 Å². The number of nitrogens with zero attached hydrogens (tertiary/aromatic N) is 1. The van der Waals surface area contributed by atoms with Crippen LogP contribution in [-0.4, -0.2) is 41.5 Å². The van der Waals surface area contributed by atoms with E-state index in [0.717, 1.165) is 6.54 Å². The average molecular weight is 241 g/mol. The highest BCUT2D eigenvalue weighted by molar-refractivity contribution is 5.83. The summed E-state index contributed by atoms with van der Waals surface area (Å²) in [4.78, 5) is 14.2. The average Bonchev–Trinajstić information content (AvgIpc) is 2.75. The number of aliphatic hydroxyl groups excluding tert-OH is 1. The molecule has 0 radical (unpaired) electrons. The molecular formula is C14H27NO2. The summed E-state index contributed by atoms with van der Waals surface area (Å²) in [6.45, 7) is 7.63. The van der Waals surface area contributed by atoms with E-state index in [-0.39, 0.29) is 12.0 Å². The van der Waals surface area contributed by atoms with Crippen molar-refractivity contribution in [1.82, 2.24) is 4.90 Å². The molecule has 0 unspecified atom stereocenters. The number of ketones is 1. The van der Waals surface area contributed by atoms with E-state index < -0.39 is 0 Å². The van der Waals surface area contributed by atoms with Crippen molar-refractivity contribution >= 4 is 5.78 Å². The molecule has 0 aromatic rings. The Morgan fingerprint density at radius 2 is 1.82 bits per heavy atom. The Morgan fingerprint density at radius 1 is 1.24 bits per heavy atom. The molecule has 1 rings (SSSR count). The molecule has 17 heavy (non-hydrogen) atoms. The molecule has 0 amide bonds. The third-order valence-corrected chi connectivity index (χ3v) is 3.69. The molecule has 0 spiro atoms. The van der Waals surface area contributed by atoms with Crippen LogP contribution in [0.1, 0.15) is 52.9 Å². The predicted molar refractivity (Wildman–Crippen MR) is 70.0 cm³/mol. The highest BCUT2D eigenvalue weighted by atomic mass is 16.3. The minimum absolute atomic E-state index is 0.195. The number of aliphatic hydroxyl groups is 1. The third-order valence-electron chi connectivity index (χ3n) is 3.69. The maximum Gasteiger partial charge on any atom is 0.139 e. The van der Waals surface area contributed by atoms with E-state index in [4.69, 9.17) is 5.11 Å². The topological polar surface area (TPSA) is 40.5 Å². The van der Waals surface area contributed by atoms with Crippen molar-refractivity contribution in [3.63, 3.8) is 0 Å². The summed E-state index contributed by atoms with van der Waals surface area (Å²) < 4.78 is 0. The van der Waals surface area contributed by atoms with E-state index >= 15 is 0 Å². The molecule has 0 bridgehead atoms. The van der Waals surface area contributed by atoms with Crippen LogP contribution in [0.5, 0.6) is 0 Å². The second-order valence-corrected chi connectivity index (χ2v) is 6.12. The maximum absolute atomic E-state index is 11.9. The Labute approximate surface area is 105 Å². The zero-order chi connectivity index (χ0) is 12.9. The molecule has 0 saturated heterocycles. The van der Waals surface area contributed by atoms with Crippen molar-refractivity contribution in [3.05, 3.63) is 0 Å². The van der Waals surface area contributed by atoms with Crippen LogP contribution < -0.4 is 0 Å². The van der Waals surface area contributed by atoms with Gasteiger partial charge in [0.1, 0.15) is 5.78 Å². The lowest BCUT2D eigenvalue weighted by Gasteiger charge is -2.29. The molecular weight excluding hydrogens is 214 g/mol. The van der Waals surface area contributed by atoms with Crippen LogP contribution >= 0.6 is 0 Å². The van der Waals surface area contributed by atoms with Gasteiger partial charge in [-0.05, 0) is 12.8 Å². The van der Waals surface area contributed by atoms with Gasteiger partial charge in [0.2, 0.25) is 0 Å². The Kier molecular flexibility index (Phi) is 5.60. The minimum Gasteiger partial charge on any atom is -0.395 e. The standard InChI is InChI=1S/C14H27NO2/c1-14(2,3)13(17)8-9-15(10-11-16)12-6-4-5-7-12/h12,16H,4-11H2,1-3H3. The molecule has 0 aromatic heterocycles. The summed E-state index contributed by atoms with van der Waals surface area (Å²) in [5.41, 5.74) is -0.236. The van der Waals surface area contributed by atoms with Crippen molar-refractivity contribution in [1.29, 1.82) is 0 Å². The summed E-state index contributed by atoms with van der Waals surface area (Å²) in [6.07, 6.45) is 5.65. The molecule has 0 heterocycles. The normalized spacial score (nSPS) is 17.9.